The maximum absolute atomic E-state index is 13.8. The number of rotatable bonds is 10. The number of hydrogen-bond acceptors (Lipinski definition) is 4. The lowest BCUT2D eigenvalue weighted by molar-refractivity contribution is -0.139. The summed E-state index contributed by atoms with van der Waals surface area (Å²) in [6.45, 7) is 5.10. The molecular weight excluding hydrogens is 533 g/mol. The molecule has 0 saturated carbocycles. The van der Waals surface area contributed by atoms with Crippen LogP contribution in [0.5, 0.6) is 0 Å². The van der Waals surface area contributed by atoms with Gasteiger partial charge in [0, 0.05) is 23.1 Å². The van der Waals surface area contributed by atoms with Crippen molar-refractivity contribution in [1.82, 2.24) is 10.2 Å². The van der Waals surface area contributed by atoms with Gasteiger partial charge < -0.3 is 10.2 Å². The first-order valence-corrected chi connectivity index (χ1v) is 13.9. The first-order chi connectivity index (χ1) is 17.5. The predicted octanol–water partition coefficient (Wildman–Crippen LogP) is 5.05. The van der Waals surface area contributed by atoms with E-state index < -0.39 is 28.5 Å². The first kappa shape index (κ1) is 28.5. The molecule has 0 aliphatic heterocycles. The summed E-state index contributed by atoms with van der Waals surface area (Å²) in [6.07, 6.45) is 0. The minimum Gasteiger partial charge on any atom is -0.355 e. The molecule has 3 aromatic rings. The Labute approximate surface area is 228 Å². The fraction of sp³-hybridized carbons (Fsp3) is 0.259. The molecule has 2 amide bonds. The van der Waals surface area contributed by atoms with Crippen LogP contribution >= 0.6 is 23.2 Å². The summed E-state index contributed by atoms with van der Waals surface area (Å²) in [5.41, 5.74) is 1.79. The van der Waals surface area contributed by atoms with Gasteiger partial charge in [0.05, 0.1) is 10.6 Å². The standard InChI is InChI=1S/C27H29Cl2N3O4S/c1-4-30-27(34)20(3)31(17-21-9-5-6-11-25(21)29)26(33)18-32(23-10-7-8-19(2)16-23)37(35,36)24-14-12-22(28)13-15-24/h5-16,20H,4,17-18H2,1-3H3,(H,30,34)/t20-/m1/s1. The van der Waals surface area contributed by atoms with Gasteiger partial charge in [-0.15, -0.1) is 0 Å². The summed E-state index contributed by atoms with van der Waals surface area (Å²) >= 11 is 12.3. The molecule has 7 nitrogen and oxygen atoms in total. The number of sulfonamides is 1. The molecule has 196 valence electrons. The fourth-order valence-electron chi connectivity index (χ4n) is 3.76. The second-order valence-corrected chi connectivity index (χ2v) is 11.2. The number of anilines is 1. The van der Waals surface area contributed by atoms with Crippen LogP contribution in [-0.4, -0.2) is 44.3 Å². The first-order valence-electron chi connectivity index (χ1n) is 11.7. The Morgan fingerprint density at radius 1 is 0.973 bits per heavy atom. The van der Waals surface area contributed by atoms with Gasteiger partial charge in [0.2, 0.25) is 11.8 Å². The minimum absolute atomic E-state index is 0.0133. The van der Waals surface area contributed by atoms with E-state index in [2.05, 4.69) is 5.32 Å². The fourth-order valence-corrected chi connectivity index (χ4v) is 5.49. The number of carbonyl (C=O) groups excluding carboxylic acids is 2. The van der Waals surface area contributed by atoms with E-state index >= 15 is 0 Å². The molecule has 0 aromatic heterocycles. The largest absolute Gasteiger partial charge is 0.355 e. The molecule has 0 bridgehead atoms. The van der Waals surface area contributed by atoms with Gasteiger partial charge in [0.25, 0.3) is 10.0 Å². The highest BCUT2D eigenvalue weighted by atomic mass is 35.5. The van der Waals surface area contributed by atoms with E-state index in [1.807, 2.05) is 13.0 Å². The molecule has 1 N–H and O–H groups in total. The zero-order chi connectivity index (χ0) is 27.2. The molecule has 0 saturated heterocycles. The van der Waals surface area contributed by atoms with Crippen molar-refractivity contribution in [2.24, 2.45) is 0 Å². The highest BCUT2D eigenvalue weighted by Crippen LogP contribution is 2.26. The quantitative estimate of drug-likeness (QED) is 0.375. The van der Waals surface area contributed by atoms with Gasteiger partial charge in [0.1, 0.15) is 12.6 Å². The maximum Gasteiger partial charge on any atom is 0.264 e. The van der Waals surface area contributed by atoms with Crippen molar-refractivity contribution < 1.29 is 18.0 Å². The van der Waals surface area contributed by atoms with E-state index in [4.69, 9.17) is 23.2 Å². The van der Waals surface area contributed by atoms with E-state index in [0.717, 1.165) is 9.87 Å². The molecular formula is C27H29Cl2N3O4S. The Bertz CT molecular complexity index is 1360. The molecule has 0 fully saturated rings. The number of amides is 2. The van der Waals surface area contributed by atoms with Crippen LogP contribution in [0.15, 0.2) is 77.7 Å². The number of benzene rings is 3. The normalized spacial score (nSPS) is 12.0. The molecule has 0 aliphatic rings. The Hall–Kier alpha value is -3.07. The third-order valence-electron chi connectivity index (χ3n) is 5.79. The van der Waals surface area contributed by atoms with Crippen molar-refractivity contribution in [3.8, 4) is 0 Å². The summed E-state index contributed by atoms with van der Waals surface area (Å²) in [5, 5.41) is 3.55. The summed E-state index contributed by atoms with van der Waals surface area (Å²) < 4.78 is 28.5. The molecule has 37 heavy (non-hydrogen) atoms. The molecule has 3 rings (SSSR count). The van der Waals surface area contributed by atoms with Gasteiger partial charge in [-0.1, -0.05) is 53.5 Å². The van der Waals surface area contributed by atoms with Crippen LogP contribution < -0.4 is 9.62 Å². The van der Waals surface area contributed by atoms with Crippen LogP contribution in [0.4, 0.5) is 5.69 Å². The SMILES string of the molecule is CCNC(=O)[C@@H](C)N(Cc1ccccc1Cl)C(=O)CN(c1cccc(C)c1)S(=O)(=O)c1ccc(Cl)cc1. The molecule has 0 heterocycles. The van der Waals surface area contributed by atoms with E-state index in [1.54, 1.807) is 56.3 Å². The average Bonchev–Trinajstić information content (AvgIpc) is 2.86. The molecule has 0 unspecified atom stereocenters. The zero-order valence-electron chi connectivity index (χ0n) is 20.8. The van der Waals surface area contributed by atoms with E-state index in [9.17, 15) is 18.0 Å². The molecule has 10 heteroatoms. The van der Waals surface area contributed by atoms with Crippen molar-refractivity contribution in [1.29, 1.82) is 0 Å². The Morgan fingerprint density at radius 3 is 2.27 bits per heavy atom. The summed E-state index contributed by atoms with van der Waals surface area (Å²) in [7, 11) is -4.15. The Morgan fingerprint density at radius 2 is 1.65 bits per heavy atom. The lowest BCUT2D eigenvalue weighted by Crippen LogP contribution is -2.51. The molecule has 0 aliphatic carbocycles. The number of nitrogens with one attached hydrogen (secondary N) is 1. The molecule has 3 aromatic carbocycles. The van der Waals surface area contributed by atoms with Crippen molar-refractivity contribution in [2.75, 3.05) is 17.4 Å². The number of likely N-dealkylation sites (N-methyl/N-ethyl adjacent to an activating group) is 1. The smallest absolute Gasteiger partial charge is 0.264 e. The van der Waals surface area contributed by atoms with Crippen LogP contribution in [0.25, 0.3) is 0 Å². The highest BCUT2D eigenvalue weighted by molar-refractivity contribution is 7.92. The monoisotopic (exact) mass is 561 g/mol. The van der Waals surface area contributed by atoms with Crippen molar-refractivity contribution >= 4 is 50.7 Å². The third kappa shape index (κ3) is 7.03. The summed E-state index contributed by atoms with van der Waals surface area (Å²) in [4.78, 5) is 27.8. The van der Waals surface area contributed by atoms with Crippen LogP contribution in [0, 0.1) is 6.92 Å². The maximum atomic E-state index is 13.8. The number of carbonyl (C=O) groups is 2. The topological polar surface area (TPSA) is 86.8 Å². The Balaban J connectivity index is 2.04. The molecule has 1 atom stereocenters. The molecule has 0 spiro atoms. The van der Waals surface area contributed by atoms with Crippen LogP contribution in [0.3, 0.4) is 0 Å². The zero-order valence-corrected chi connectivity index (χ0v) is 23.1. The van der Waals surface area contributed by atoms with E-state index in [0.29, 0.717) is 27.8 Å². The van der Waals surface area contributed by atoms with Crippen LogP contribution in [-0.2, 0) is 26.2 Å². The lowest BCUT2D eigenvalue weighted by Gasteiger charge is -2.32. The highest BCUT2D eigenvalue weighted by Gasteiger charge is 2.32. The number of halogens is 2. The van der Waals surface area contributed by atoms with Crippen LogP contribution in [0.2, 0.25) is 10.0 Å². The minimum atomic E-state index is -4.15. The predicted molar refractivity (Wildman–Crippen MR) is 147 cm³/mol. The third-order valence-corrected chi connectivity index (χ3v) is 8.20. The average molecular weight is 563 g/mol. The second kappa shape index (κ2) is 12.4. The van der Waals surface area contributed by atoms with Crippen molar-refractivity contribution in [3.63, 3.8) is 0 Å². The number of hydrogen-bond donors (Lipinski definition) is 1. The number of nitrogens with zero attached hydrogens (tertiary/aromatic N) is 2. The van der Waals surface area contributed by atoms with Gasteiger partial charge in [0.15, 0.2) is 0 Å². The van der Waals surface area contributed by atoms with Gasteiger partial charge in [-0.3, -0.25) is 13.9 Å². The summed E-state index contributed by atoms with van der Waals surface area (Å²) in [5.74, 6) is -0.914. The Kier molecular flexibility index (Phi) is 9.59. The van der Waals surface area contributed by atoms with E-state index in [1.165, 1.54) is 29.2 Å². The lowest BCUT2D eigenvalue weighted by atomic mass is 10.1. The molecule has 0 radical (unpaired) electrons. The van der Waals surface area contributed by atoms with Crippen LogP contribution in [0.1, 0.15) is 25.0 Å². The van der Waals surface area contributed by atoms with Gasteiger partial charge >= 0.3 is 0 Å². The van der Waals surface area contributed by atoms with Crippen molar-refractivity contribution in [3.05, 3.63) is 94.0 Å². The number of aryl methyl sites for hydroxylation is 1. The van der Waals surface area contributed by atoms with E-state index in [-0.39, 0.29) is 17.3 Å². The van der Waals surface area contributed by atoms with Gasteiger partial charge in [-0.25, -0.2) is 8.42 Å². The summed E-state index contributed by atoms with van der Waals surface area (Å²) in [6, 6.07) is 18.7. The second-order valence-electron chi connectivity index (χ2n) is 8.49. The van der Waals surface area contributed by atoms with Gasteiger partial charge in [-0.2, -0.15) is 0 Å². The van der Waals surface area contributed by atoms with Crippen molar-refractivity contribution in [2.45, 2.75) is 38.3 Å². The van der Waals surface area contributed by atoms with Gasteiger partial charge in [-0.05, 0) is 74.4 Å².